The molecule has 136 valence electrons. The molecule has 1 aromatic carbocycles. The first kappa shape index (κ1) is 18.9. The van der Waals surface area contributed by atoms with Crippen molar-refractivity contribution in [3.63, 3.8) is 0 Å². The fraction of sp³-hybridized carbons (Fsp3) is 0.222. The van der Waals surface area contributed by atoms with Crippen molar-refractivity contribution < 1.29 is 19.1 Å². The lowest BCUT2D eigenvalue weighted by atomic mass is 10.2. The molecular formula is C18H20N4O4. The molecule has 2 rings (SSSR count). The van der Waals surface area contributed by atoms with Crippen LogP contribution in [0.3, 0.4) is 0 Å². The Hall–Kier alpha value is -3.42. The molecule has 2 amide bonds. The molecule has 0 fully saturated rings. The second-order valence-corrected chi connectivity index (χ2v) is 5.19. The molecule has 1 heterocycles. The third kappa shape index (κ3) is 5.59. The van der Waals surface area contributed by atoms with Crippen LogP contribution in [0.5, 0.6) is 11.5 Å². The molecule has 0 aliphatic heterocycles. The van der Waals surface area contributed by atoms with Crippen LogP contribution in [0.15, 0.2) is 47.8 Å². The number of pyridine rings is 1. The fourth-order valence-corrected chi connectivity index (χ4v) is 2.14. The number of carbonyl (C=O) groups excluding carboxylic acids is 2. The average Bonchev–Trinajstić information content (AvgIpc) is 2.66. The van der Waals surface area contributed by atoms with Gasteiger partial charge >= 0.3 is 0 Å². The van der Waals surface area contributed by atoms with E-state index >= 15 is 0 Å². The summed E-state index contributed by atoms with van der Waals surface area (Å²) >= 11 is 0. The second kappa shape index (κ2) is 9.77. The van der Waals surface area contributed by atoms with Crippen LogP contribution in [0.4, 0.5) is 0 Å². The molecule has 0 saturated carbocycles. The molecule has 0 radical (unpaired) electrons. The Labute approximate surface area is 151 Å². The van der Waals surface area contributed by atoms with E-state index in [2.05, 4.69) is 20.8 Å². The Morgan fingerprint density at radius 3 is 2.69 bits per heavy atom. The third-order valence-electron chi connectivity index (χ3n) is 3.36. The van der Waals surface area contributed by atoms with Crippen LogP contribution in [0.25, 0.3) is 0 Å². The van der Waals surface area contributed by atoms with Crippen molar-refractivity contribution in [2.45, 2.75) is 13.0 Å². The number of nitrogens with one attached hydrogen (secondary N) is 2. The number of hydrogen-bond donors (Lipinski definition) is 2. The molecule has 8 heteroatoms. The highest BCUT2D eigenvalue weighted by atomic mass is 16.5. The molecule has 8 nitrogen and oxygen atoms in total. The van der Waals surface area contributed by atoms with Gasteiger partial charge in [0.25, 0.3) is 0 Å². The summed E-state index contributed by atoms with van der Waals surface area (Å²) in [6, 6.07) is 8.89. The minimum Gasteiger partial charge on any atom is -0.493 e. The third-order valence-corrected chi connectivity index (χ3v) is 3.36. The predicted octanol–water partition coefficient (Wildman–Crippen LogP) is 1.26. The minimum absolute atomic E-state index is 0.310. The van der Waals surface area contributed by atoms with Crippen LogP contribution in [0.1, 0.15) is 17.5 Å². The van der Waals surface area contributed by atoms with Crippen LogP contribution in [0, 0.1) is 0 Å². The summed E-state index contributed by atoms with van der Waals surface area (Å²) in [5.74, 6) is 0.132. The average molecular weight is 356 g/mol. The molecule has 0 aliphatic carbocycles. The highest BCUT2D eigenvalue weighted by Gasteiger charge is 2.09. The smallest absolute Gasteiger partial charge is 0.249 e. The van der Waals surface area contributed by atoms with E-state index in [-0.39, 0.29) is 6.42 Å². The van der Waals surface area contributed by atoms with Crippen LogP contribution >= 0.6 is 0 Å². The van der Waals surface area contributed by atoms with Crippen molar-refractivity contribution in [3.05, 3.63) is 53.9 Å². The molecule has 0 atom stereocenters. The first-order valence-corrected chi connectivity index (χ1v) is 7.82. The summed E-state index contributed by atoms with van der Waals surface area (Å²) in [5.41, 5.74) is 3.79. The maximum atomic E-state index is 11.8. The predicted molar refractivity (Wildman–Crippen MR) is 96.0 cm³/mol. The summed E-state index contributed by atoms with van der Waals surface area (Å²) in [6.45, 7) is 0.310. The SMILES string of the molecule is COc1cccc(/C=N/NC(=O)CC(=O)NCc2cccnc2)c1OC. The molecule has 2 N–H and O–H groups in total. The van der Waals surface area contributed by atoms with Gasteiger partial charge in [-0.1, -0.05) is 12.1 Å². The van der Waals surface area contributed by atoms with Gasteiger partial charge in [-0.2, -0.15) is 5.10 Å². The number of methoxy groups -OCH3 is 2. The van der Waals surface area contributed by atoms with Gasteiger partial charge in [-0.15, -0.1) is 0 Å². The van der Waals surface area contributed by atoms with E-state index in [1.165, 1.54) is 20.4 Å². The molecule has 0 saturated heterocycles. The number of ether oxygens (including phenoxy) is 2. The van der Waals surface area contributed by atoms with Crippen LogP contribution in [-0.2, 0) is 16.1 Å². The van der Waals surface area contributed by atoms with Crippen molar-refractivity contribution in [3.8, 4) is 11.5 Å². The standard InChI is InChI=1S/C18H20N4O4/c1-25-15-7-3-6-14(18(15)26-2)12-21-22-17(24)9-16(23)20-11-13-5-4-8-19-10-13/h3-8,10,12H,9,11H2,1-2H3,(H,20,23)(H,22,24)/b21-12+. The molecule has 2 aromatic rings. The summed E-state index contributed by atoms with van der Waals surface area (Å²) in [4.78, 5) is 27.5. The Morgan fingerprint density at radius 2 is 2.00 bits per heavy atom. The summed E-state index contributed by atoms with van der Waals surface area (Å²) in [6.07, 6.45) is 4.39. The van der Waals surface area contributed by atoms with Gasteiger partial charge in [-0.3, -0.25) is 14.6 Å². The Bertz CT molecular complexity index is 778. The zero-order valence-corrected chi connectivity index (χ0v) is 14.6. The van der Waals surface area contributed by atoms with Gasteiger partial charge in [-0.05, 0) is 23.8 Å². The second-order valence-electron chi connectivity index (χ2n) is 5.19. The molecule has 26 heavy (non-hydrogen) atoms. The summed E-state index contributed by atoms with van der Waals surface area (Å²) < 4.78 is 10.5. The maximum Gasteiger partial charge on any atom is 0.249 e. The van der Waals surface area contributed by atoms with Crippen molar-refractivity contribution >= 4 is 18.0 Å². The van der Waals surface area contributed by atoms with Gasteiger partial charge in [-0.25, -0.2) is 5.43 Å². The maximum absolute atomic E-state index is 11.8. The van der Waals surface area contributed by atoms with Crippen LogP contribution in [-0.4, -0.2) is 37.2 Å². The highest BCUT2D eigenvalue weighted by Crippen LogP contribution is 2.29. The number of amides is 2. The van der Waals surface area contributed by atoms with E-state index < -0.39 is 11.8 Å². The van der Waals surface area contributed by atoms with E-state index in [0.717, 1.165) is 5.56 Å². The fourth-order valence-electron chi connectivity index (χ4n) is 2.14. The molecule has 1 aromatic heterocycles. The molecule has 0 bridgehead atoms. The number of rotatable bonds is 8. The topological polar surface area (TPSA) is 102 Å². The van der Waals surface area contributed by atoms with Gasteiger partial charge in [0.15, 0.2) is 11.5 Å². The normalized spacial score (nSPS) is 10.4. The van der Waals surface area contributed by atoms with Gasteiger partial charge < -0.3 is 14.8 Å². The van der Waals surface area contributed by atoms with Gasteiger partial charge in [0.1, 0.15) is 6.42 Å². The lowest BCUT2D eigenvalue weighted by Gasteiger charge is -2.09. The zero-order chi connectivity index (χ0) is 18.8. The number of hydrazone groups is 1. The Morgan fingerprint density at radius 1 is 1.15 bits per heavy atom. The Kier molecular flexibility index (Phi) is 7.11. The number of carbonyl (C=O) groups is 2. The Balaban J connectivity index is 1.83. The number of benzene rings is 1. The first-order valence-electron chi connectivity index (χ1n) is 7.82. The molecule has 0 spiro atoms. The van der Waals surface area contributed by atoms with E-state index in [1.54, 1.807) is 36.7 Å². The highest BCUT2D eigenvalue weighted by molar-refractivity contribution is 5.97. The monoisotopic (exact) mass is 356 g/mol. The van der Waals surface area contributed by atoms with E-state index in [9.17, 15) is 9.59 Å². The molecule has 0 unspecified atom stereocenters. The van der Waals surface area contributed by atoms with Gasteiger partial charge in [0.2, 0.25) is 11.8 Å². The van der Waals surface area contributed by atoms with Crippen LogP contribution in [0.2, 0.25) is 0 Å². The molecule has 0 aliphatic rings. The van der Waals surface area contributed by atoms with Crippen molar-refractivity contribution in [2.75, 3.05) is 14.2 Å². The van der Waals surface area contributed by atoms with Gasteiger partial charge in [0.05, 0.1) is 20.4 Å². The number of hydrogen-bond acceptors (Lipinski definition) is 6. The number of nitrogens with zero attached hydrogens (tertiary/aromatic N) is 2. The van der Waals surface area contributed by atoms with E-state index in [0.29, 0.717) is 23.6 Å². The first-order chi connectivity index (χ1) is 12.6. The van der Waals surface area contributed by atoms with Crippen molar-refractivity contribution in [2.24, 2.45) is 5.10 Å². The quantitative estimate of drug-likeness (QED) is 0.421. The van der Waals surface area contributed by atoms with Crippen molar-refractivity contribution in [1.29, 1.82) is 0 Å². The largest absolute Gasteiger partial charge is 0.493 e. The lowest BCUT2D eigenvalue weighted by Crippen LogP contribution is -2.29. The van der Waals surface area contributed by atoms with Crippen LogP contribution < -0.4 is 20.2 Å². The lowest BCUT2D eigenvalue weighted by molar-refractivity contribution is -0.129. The summed E-state index contributed by atoms with van der Waals surface area (Å²) in [5, 5.41) is 6.49. The number of para-hydroxylation sites is 1. The van der Waals surface area contributed by atoms with E-state index in [1.807, 2.05) is 6.07 Å². The molecular weight excluding hydrogens is 336 g/mol. The van der Waals surface area contributed by atoms with Gasteiger partial charge in [0, 0.05) is 24.5 Å². The number of aromatic nitrogens is 1. The zero-order valence-electron chi connectivity index (χ0n) is 14.6. The van der Waals surface area contributed by atoms with E-state index in [4.69, 9.17) is 9.47 Å². The summed E-state index contributed by atoms with van der Waals surface area (Å²) in [7, 11) is 3.05. The minimum atomic E-state index is -0.521. The van der Waals surface area contributed by atoms with Crippen molar-refractivity contribution in [1.82, 2.24) is 15.7 Å².